The number of carbonyl (C=O) groups is 1. The molecule has 0 saturated carbocycles. The molecule has 3 rings (SSSR count). The Balaban J connectivity index is 2.12. The number of nitrogens with zero attached hydrogens (tertiary/aromatic N) is 1. The lowest BCUT2D eigenvalue weighted by molar-refractivity contribution is -0.132. The molecule has 0 unspecified atom stereocenters. The lowest BCUT2D eigenvalue weighted by Gasteiger charge is -2.09. The van der Waals surface area contributed by atoms with Crippen molar-refractivity contribution in [1.29, 1.82) is 0 Å². The van der Waals surface area contributed by atoms with Crippen molar-refractivity contribution in [2.75, 3.05) is 7.11 Å². The van der Waals surface area contributed by atoms with Gasteiger partial charge in [-0.15, -0.1) is 0 Å². The van der Waals surface area contributed by atoms with E-state index in [0.717, 1.165) is 5.56 Å². The molecule has 0 amide bonds. The number of carbonyl (C=O) groups excluding carboxylic acids is 1. The third-order valence-electron chi connectivity index (χ3n) is 3.45. The number of hydrogen-bond acceptors (Lipinski definition) is 6. The summed E-state index contributed by atoms with van der Waals surface area (Å²) in [7, 11) is 1.46. The van der Waals surface area contributed by atoms with Gasteiger partial charge in [-0.3, -0.25) is 4.79 Å². The van der Waals surface area contributed by atoms with Gasteiger partial charge in [0.05, 0.1) is 18.0 Å². The second kappa shape index (κ2) is 6.16. The lowest BCUT2D eigenvalue weighted by Crippen LogP contribution is -2.04. The molecule has 122 valence electrons. The van der Waals surface area contributed by atoms with E-state index >= 15 is 0 Å². The summed E-state index contributed by atoms with van der Waals surface area (Å²) in [5.41, 5.74) is 1.59. The number of hydrogen-bond donors (Lipinski definition) is 0. The van der Waals surface area contributed by atoms with E-state index in [-0.39, 0.29) is 11.6 Å². The first kappa shape index (κ1) is 15.7. The van der Waals surface area contributed by atoms with Crippen molar-refractivity contribution in [3.8, 4) is 23.0 Å². The van der Waals surface area contributed by atoms with Crippen molar-refractivity contribution in [2.45, 2.75) is 13.8 Å². The number of methoxy groups -OCH3 is 1. The van der Waals surface area contributed by atoms with Gasteiger partial charge in [0.15, 0.2) is 11.5 Å². The van der Waals surface area contributed by atoms with Crippen LogP contribution in [0.1, 0.15) is 12.5 Å². The van der Waals surface area contributed by atoms with Crippen molar-refractivity contribution in [3.05, 3.63) is 52.4 Å². The Morgan fingerprint density at radius 1 is 1.12 bits per heavy atom. The standard InChI is InChI=1S/C18H15NO5/c1-10-4-6-14-13(8-10)18(21)24-17(19-14)12-5-7-15(23-11(2)20)16(9-12)22-3/h4-9H,1-3H3. The van der Waals surface area contributed by atoms with Crippen LogP contribution in [0.25, 0.3) is 22.4 Å². The second-order valence-corrected chi connectivity index (χ2v) is 5.29. The van der Waals surface area contributed by atoms with Crippen LogP contribution in [-0.4, -0.2) is 18.1 Å². The Hall–Kier alpha value is -3.15. The molecule has 0 N–H and O–H groups in total. The van der Waals surface area contributed by atoms with Gasteiger partial charge in [-0.1, -0.05) is 11.6 Å². The van der Waals surface area contributed by atoms with Crippen molar-refractivity contribution in [1.82, 2.24) is 4.98 Å². The topological polar surface area (TPSA) is 78.6 Å². The van der Waals surface area contributed by atoms with E-state index in [1.807, 2.05) is 13.0 Å². The largest absolute Gasteiger partial charge is 0.493 e. The van der Waals surface area contributed by atoms with Gasteiger partial charge in [0, 0.05) is 12.5 Å². The van der Waals surface area contributed by atoms with E-state index in [0.29, 0.717) is 22.2 Å². The first-order valence-corrected chi connectivity index (χ1v) is 7.26. The summed E-state index contributed by atoms with van der Waals surface area (Å²) in [5, 5.41) is 0.433. The third-order valence-corrected chi connectivity index (χ3v) is 3.45. The highest BCUT2D eigenvalue weighted by atomic mass is 16.6. The van der Waals surface area contributed by atoms with Gasteiger partial charge < -0.3 is 13.9 Å². The van der Waals surface area contributed by atoms with Crippen molar-refractivity contribution in [3.63, 3.8) is 0 Å². The highest BCUT2D eigenvalue weighted by molar-refractivity contribution is 5.79. The normalized spacial score (nSPS) is 10.6. The fourth-order valence-corrected chi connectivity index (χ4v) is 2.35. The lowest BCUT2D eigenvalue weighted by atomic mass is 10.1. The molecule has 0 aliphatic heterocycles. The molecule has 0 fully saturated rings. The van der Waals surface area contributed by atoms with E-state index in [1.54, 1.807) is 30.3 Å². The minimum absolute atomic E-state index is 0.170. The zero-order valence-electron chi connectivity index (χ0n) is 13.5. The van der Waals surface area contributed by atoms with Crippen LogP contribution < -0.4 is 15.1 Å². The fraction of sp³-hybridized carbons (Fsp3) is 0.167. The van der Waals surface area contributed by atoms with E-state index in [1.165, 1.54) is 14.0 Å². The zero-order chi connectivity index (χ0) is 17.3. The molecule has 3 aromatic rings. The average molecular weight is 325 g/mol. The summed E-state index contributed by atoms with van der Waals surface area (Å²) in [6, 6.07) is 10.2. The first-order valence-electron chi connectivity index (χ1n) is 7.26. The number of ether oxygens (including phenoxy) is 2. The maximum absolute atomic E-state index is 12.2. The number of esters is 1. The monoisotopic (exact) mass is 325 g/mol. The Labute approximate surface area is 137 Å². The Morgan fingerprint density at radius 2 is 1.92 bits per heavy atom. The summed E-state index contributed by atoms with van der Waals surface area (Å²) >= 11 is 0. The highest BCUT2D eigenvalue weighted by Gasteiger charge is 2.13. The molecule has 6 heteroatoms. The van der Waals surface area contributed by atoms with Crippen molar-refractivity contribution in [2.24, 2.45) is 0 Å². The van der Waals surface area contributed by atoms with Gasteiger partial charge in [0.1, 0.15) is 0 Å². The number of aryl methyl sites for hydroxylation is 1. The van der Waals surface area contributed by atoms with Crippen molar-refractivity contribution < 1.29 is 18.7 Å². The van der Waals surface area contributed by atoms with Gasteiger partial charge in [0.25, 0.3) is 0 Å². The van der Waals surface area contributed by atoms with E-state index in [9.17, 15) is 9.59 Å². The molecular weight excluding hydrogens is 310 g/mol. The first-order chi connectivity index (χ1) is 11.5. The van der Waals surface area contributed by atoms with Crippen LogP contribution in [0.15, 0.2) is 45.6 Å². The molecule has 2 aromatic carbocycles. The minimum Gasteiger partial charge on any atom is -0.493 e. The molecule has 0 saturated heterocycles. The summed E-state index contributed by atoms with van der Waals surface area (Å²) in [6.45, 7) is 3.20. The molecule has 0 spiro atoms. The van der Waals surface area contributed by atoms with Crippen LogP contribution in [0.5, 0.6) is 11.5 Å². The molecule has 6 nitrogen and oxygen atoms in total. The molecular formula is C18H15NO5. The van der Waals surface area contributed by atoms with Gasteiger partial charge in [-0.25, -0.2) is 9.78 Å². The van der Waals surface area contributed by atoms with Gasteiger partial charge in [-0.05, 0) is 37.3 Å². The van der Waals surface area contributed by atoms with Gasteiger partial charge in [-0.2, -0.15) is 0 Å². The summed E-state index contributed by atoms with van der Waals surface area (Å²) < 4.78 is 15.6. The second-order valence-electron chi connectivity index (χ2n) is 5.29. The number of rotatable bonds is 3. The molecule has 24 heavy (non-hydrogen) atoms. The quantitative estimate of drug-likeness (QED) is 0.544. The predicted molar refractivity (Wildman–Crippen MR) is 88.3 cm³/mol. The number of fused-ring (bicyclic) bond motifs is 1. The Kier molecular flexibility index (Phi) is 4.04. The van der Waals surface area contributed by atoms with E-state index < -0.39 is 11.6 Å². The van der Waals surface area contributed by atoms with Crippen LogP contribution >= 0.6 is 0 Å². The summed E-state index contributed by atoms with van der Waals surface area (Å²) in [6.07, 6.45) is 0. The average Bonchev–Trinajstić information content (AvgIpc) is 2.55. The minimum atomic E-state index is -0.457. The maximum atomic E-state index is 12.2. The molecule has 0 radical (unpaired) electrons. The molecule has 1 aromatic heterocycles. The molecule has 0 aliphatic carbocycles. The van der Waals surface area contributed by atoms with Crippen LogP contribution in [0.2, 0.25) is 0 Å². The van der Waals surface area contributed by atoms with E-state index in [4.69, 9.17) is 13.9 Å². The SMILES string of the molecule is COc1cc(-c2nc3ccc(C)cc3c(=O)o2)ccc1OC(C)=O. The summed E-state index contributed by atoms with van der Waals surface area (Å²) in [5.74, 6) is 0.347. The van der Waals surface area contributed by atoms with Crippen LogP contribution in [-0.2, 0) is 4.79 Å². The van der Waals surface area contributed by atoms with E-state index in [2.05, 4.69) is 4.98 Å². The molecule has 0 bridgehead atoms. The highest BCUT2D eigenvalue weighted by Crippen LogP contribution is 2.32. The van der Waals surface area contributed by atoms with Crippen LogP contribution in [0.4, 0.5) is 0 Å². The van der Waals surface area contributed by atoms with Crippen LogP contribution in [0.3, 0.4) is 0 Å². The van der Waals surface area contributed by atoms with Crippen molar-refractivity contribution >= 4 is 16.9 Å². The smallest absolute Gasteiger partial charge is 0.347 e. The zero-order valence-corrected chi connectivity index (χ0v) is 13.5. The third kappa shape index (κ3) is 2.99. The fourth-order valence-electron chi connectivity index (χ4n) is 2.35. The molecule has 0 atom stereocenters. The molecule has 0 aliphatic rings. The van der Waals surface area contributed by atoms with Gasteiger partial charge in [0.2, 0.25) is 5.89 Å². The van der Waals surface area contributed by atoms with Crippen LogP contribution in [0, 0.1) is 6.92 Å². The Bertz CT molecular complexity index is 990. The molecule has 1 heterocycles. The number of benzene rings is 2. The maximum Gasteiger partial charge on any atom is 0.347 e. The summed E-state index contributed by atoms with van der Waals surface area (Å²) in [4.78, 5) is 27.7. The van der Waals surface area contributed by atoms with Gasteiger partial charge >= 0.3 is 11.6 Å². The number of aromatic nitrogens is 1. The predicted octanol–water partition coefficient (Wildman–Crippen LogP) is 3.10. The Morgan fingerprint density at radius 3 is 2.62 bits per heavy atom.